The average Bonchev–Trinajstić information content (AvgIpc) is 2.93. The van der Waals surface area contributed by atoms with Crippen LogP contribution in [-0.4, -0.2) is 34.6 Å². The molecule has 1 aliphatic heterocycles. The van der Waals surface area contributed by atoms with E-state index in [1.165, 1.54) is 0 Å². The minimum atomic E-state index is 0.613. The monoisotopic (exact) mass is 287 g/mol. The maximum atomic E-state index is 5.75. The molecule has 0 amide bonds. The lowest BCUT2D eigenvalue weighted by Gasteiger charge is -2.31. The third-order valence-electron chi connectivity index (χ3n) is 3.86. The van der Waals surface area contributed by atoms with Gasteiger partial charge in [0.05, 0.1) is 12.3 Å². The number of pyridine rings is 1. The van der Waals surface area contributed by atoms with Crippen LogP contribution in [0.4, 0.5) is 0 Å². The predicted octanol–water partition coefficient (Wildman–Crippen LogP) is 2.67. The van der Waals surface area contributed by atoms with Crippen molar-refractivity contribution in [2.75, 3.05) is 19.7 Å². The van der Waals surface area contributed by atoms with Gasteiger partial charge in [0.15, 0.2) is 5.89 Å². The molecule has 0 N–H and O–H groups in total. The maximum absolute atomic E-state index is 5.75. The zero-order valence-corrected chi connectivity index (χ0v) is 12.4. The van der Waals surface area contributed by atoms with Gasteiger partial charge < -0.3 is 9.15 Å². The molecule has 0 aromatic carbocycles. The van der Waals surface area contributed by atoms with Crippen LogP contribution in [0.1, 0.15) is 24.4 Å². The highest BCUT2D eigenvalue weighted by Crippen LogP contribution is 2.20. The van der Waals surface area contributed by atoms with Crippen LogP contribution in [-0.2, 0) is 6.54 Å². The van der Waals surface area contributed by atoms with E-state index in [4.69, 9.17) is 9.15 Å². The minimum absolute atomic E-state index is 0.613. The average molecular weight is 287 g/mol. The van der Waals surface area contributed by atoms with Crippen LogP contribution in [0.5, 0.6) is 5.88 Å². The number of aryl methyl sites for hydroxylation is 1. The lowest BCUT2D eigenvalue weighted by molar-refractivity contribution is 0.133. The van der Waals surface area contributed by atoms with Crippen molar-refractivity contribution in [3.05, 3.63) is 42.2 Å². The second kappa shape index (κ2) is 6.72. The molecule has 5 nitrogen and oxygen atoms in total. The smallest absolute Gasteiger partial charge is 0.213 e. The summed E-state index contributed by atoms with van der Waals surface area (Å²) in [5, 5.41) is 0. The van der Waals surface area contributed by atoms with Crippen LogP contribution in [0.15, 0.2) is 35.1 Å². The summed E-state index contributed by atoms with van der Waals surface area (Å²) >= 11 is 0. The van der Waals surface area contributed by atoms with E-state index in [1.54, 1.807) is 12.5 Å². The van der Waals surface area contributed by atoms with Crippen LogP contribution in [0.3, 0.4) is 0 Å². The first kappa shape index (κ1) is 14.1. The van der Waals surface area contributed by atoms with E-state index in [0.717, 1.165) is 56.5 Å². The fourth-order valence-electron chi connectivity index (χ4n) is 2.66. The molecule has 2 aromatic heterocycles. The number of rotatable bonds is 5. The second-order valence-corrected chi connectivity index (χ2v) is 5.56. The van der Waals surface area contributed by atoms with E-state index in [1.807, 2.05) is 25.1 Å². The summed E-state index contributed by atoms with van der Waals surface area (Å²) in [4.78, 5) is 11.0. The second-order valence-electron chi connectivity index (χ2n) is 5.56. The Morgan fingerprint density at radius 1 is 1.33 bits per heavy atom. The first-order valence-electron chi connectivity index (χ1n) is 7.47. The number of ether oxygens (including phenoxy) is 1. The lowest BCUT2D eigenvalue weighted by Crippen LogP contribution is -2.35. The fraction of sp³-hybridized carbons (Fsp3) is 0.500. The van der Waals surface area contributed by atoms with Gasteiger partial charge in [0.25, 0.3) is 0 Å². The van der Waals surface area contributed by atoms with E-state index in [0.29, 0.717) is 5.92 Å². The summed E-state index contributed by atoms with van der Waals surface area (Å²) in [6.45, 7) is 5.69. The van der Waals surface area contributed by atoms with Gasteiger partial charge in [-0.25, -0.2) is 9.97 Å². The SMILES string of the molecule is Cc1nc(CN2CCC(COc3ccccn3)CC2)co1. The van der Waals surface area contributed by atoms with E-state index in [9.17, 15) is 0 Å². The van der Waals surface area contributed by atoms with Crippen LogP contribution >= 0.6 is 0 Å². The van der Waals surface area contributed by atoms with Gasteiger partial charge in [0.2, 0.25) is 5.88 Å². The zero-order valence-electron chi connectivity index (χ0n) is 12.4. The first-order valence-corrected chi connectivity index (χ1v) is 7.47. The predicted molar refractivity (Wildman–Crippen MR) is 79.0 cm³/mol. The molecule has 0 aliphatic carbocycles. The quantitative estimate of drug-likeness (QED) is 0.846. The summed E-state index contributed by atoms with van der Waals surface area (Å²) in [6.07, 6.45) is 5.83. The number of hydrogen-bond acceptors (Lipinski definition) is 5. The van der Waals surface area contributed by atoms with Gasteiger partial charge in [0.1, 0.15) is 6.26 Å². The third-order valence-corrected chi connectivity index (χ3v) is 3.86. The molecular formula is C16H21N3O2. The van der Waals surface area contributed by atoms with Gasteiger partial charge in [-0.05, 0) is 37.9 Å². The standard InChI is InChI=1S/C16H21N3O2/c1-13-18-15(12-20-13)10-19-8-5-14(6-9-19)11-21-16-4-2-3-7-17-16/h2-4,7,12,14H,5-6,8-11H2,1H3. The van der Waals surface area contributed by atoms with Crippen molar-refractivity contribution in [2.45, 2.75) is 26.3 Å². The number of likely N-dealkylation sites (tertiary alicyclic amines) is 1. The Morgan fingerprint density at radius 2 is 2.19 bits per heavy atom. The molecule has 0 unspecified atom stereocenters. The van der Waals surface area contributed by atoms with Crippen LogP contribution < -0.4 is 4.74 Å². The Morgan fingerprint density at radius 3 is 2.86 bits per heavy atom. The Balaban J connectivity index is 1.40. The van der Waals surface area contributed by atoms with Crippen LogP contribution in [0, 0.1) is 12.8 Å². The molecule has 1 fully saturated rings. The Labute approximate surface area is 125 Å². The fourth-order valence-corrected chi connectivity index (χ4v) is 2.66. The summed E-state index contributed by atoms with van der Waals surface area (Å²) in [7, 11) is 0. The van der Waals surface area contributed by atoms with Crippen molar-refractivity contribution in [3.8, 4) is 5.88 Å². The molecule has 3 heterocycles. The Kier molecular flexibility index (Phi) is 4.50. The molecule has 0 spiro atoms. The number of nitrogens with zero attached hydrogens (tertiary/aromatic N) is 3. The number of hydrogen-bond donors (Lipinski definition) is 0. The van der Waals surface area contributed by atoms with Crippen molar-refractivity contribution in [3.63, 3.8) is 0 Å². The van der Waals surface area contributed by atoms with Crippen molar-refractivity contribution in [1.29, 1.82) is 0 Å². The van der Waals surface area contributed by atoms with E-state index < -0.39 is 0 Å². The molecule has 0 bridgehead atoms. The summed E-state index contributed by atoms with van der Waals surface area (Å²) < 4.78 is 11.0. The molecule has 1 saturated heterocycles. The number of oxazole rings is 1. The Hall–Kier alpha value is -1.88. The Bertz CT molecular complexity index is 548. The topological polar surface area (TPSA) is 51.4 Å². The van der Waals surface area contributed by atoms with Crippen LogP contribution in [0.25, 0.3) is 0 Å². The van der Waals surface area contributed by atoms with Gasteiger partial charge in [-0.15, -0.1) is 0 Å². The van der Waals surface area contributed by atoms with Gasteiger partial charge in [-0.1, -0.05) is 6.07 Å². The summed E-state index contributed by atoms with van der Waals surface area (Å²) in [5.41, 5.74) is 1.02. The van der Waals surface area contributed by atoms with Gasteiger partial charge in [0, 0.05) is 25.7 Å². The first-order chi connectivity index (χ1) is 10.3. The summed E-state index contributed by atoms with van der Waals surface area (Å²) in [6, 6.07) is 5.75. The normalized spacial score (nSPS) is 17.0. The largest absolute Gasteiger partial charge is 0.477 e. The number of aromatic nitrogens is 2. The highest BCUT2D eigenvalue weighted by Gasteiger charge is 2.20. The summed E-state index contributed by atoms with van der Waals surface area (Å²) in [5.74, 6) is 2.07. The van der Waals surface area contributed by atoms with Gasteiger partial charge in [-0.2, -0.15) is 0 Å². The van der Waals surface area contributed by atoms with Crippen molar-refractivity contribution in [2.24, 2.45) is 5.92 Å². The van der Waals surface area contributed by atoms with Crippen molar-refractivity contribution >= 4 is 0 Å². The molecule has 0 atom stereocenters. The minimum Gasteiger partial charge on any atom is -0.477 e. The zero-order chi connectivity index (χ0) is 14.5. The molecule has 1 aliphatic rings. The number of piperidine rings is 1. The lowest BCUT2D eigenvalue weighted by atomic mass is 9.98. The third kappa shape index (κ3) is 4.04. The molecule has 0 radical (unpaired) electrons. The maximum Gasteiger partial charge on any atom is 0.213 e. The molecule has 5 heteroatoms. The highest BCUT2D eigenvalue weighted by molar-refractivity contribution is 5.09. The van der Waals surface area contributed by atoms with Crippen LogP contribution in [0.2, 0.25) is 0 Å². The van der Waals surface area contributed by atoms with Gasteiger partial charge in [-0.3, -0.25) is 4.90 Å². The highest BCUT2D eigenvalue weighted by atomic mass is 16.5. The van der Waals surface area contributed by atoms with E-state index >= 15 is 0 Å². The molecule has 2 aromatic rings. The van der Waals surface area contributed by atoms with Crippen molar-refractivity contribution in [1.82, 2.24) is 14.9 Å². The molecule has 3 rings (SSSR count). The van der Waals surface area contributed by atoms with Crippen molar-refractivity contribution < 1.29 is 9.15 Å². The molecular weight excluding hydrogens is 266 g/mol. The molecule has 21 heavy (non-hydrogen) atoms. The van der Waals surface area contributed by atoms with E-state index in [2.05, 4.69) is 14.9 Å². The molecule has 112 valence electrons. The van der Waals surface area contributed by atoms with Gasteiger partial charge >= 0.3 is 0 Å². The van der Waals surface area contributed by atoms with E-state index in [-0.39, 0.29) is 0 Å². The molecule has 0 saturated carbocycles.